The molecular weight excluding hydrogens is 386 g/mol. The van der Waals surface area contributed by atoms with Gasteiger partial charge in [0.05, 0.1) is 24.8 Å². The zero-order valence-electron chi connectivity index (χ0n) is 15.5. The first-order valence-electron chi connectivity index (χ1n) is 8.13. The number of rotatable bonds is 10. The van der Waals surface area contributed by atoms with Crippen molar-refractivity contribution >= 4 is 21.7 Å². The number of carboxylic acids is 1. The summed E-state index contributed by atoms with van der Waals surface area (Å²) in [6.45, 7) is 3.10. The Bertz CT molecular complexity index is 939. The zero-order valence-corrected chi connectivity index (χ0v) is 16.3. The van der Waals surface area contributed by atoms with Crippen LogP contribution in [0.15, 0.2) is 60.0 Å². The van der Waals surface area contributed by atoms with E-state index >= 15 is 0 Å². The highest BCUT2D eigenvalue weighted by molar-refractivity contribution is 7.92. The van der Waals surface area contributed by atoms with Gasteiger partial charge >= 0.3 is 5.97 Å². The summed E-state index contributed by atoms with van der Waals surface area (Å²) in [7, 11) is -1.37. The standard InChI is InChI=1S/C19H21NO7S/c1-4-11-27-15-7-5-14(6-8-15)20(13-19(21)22)28(23,24)16-9-10-17(25-2)18(12-16)26-3/h4-10,12H,1,11,13H2,2-3H3,(H,21,22). The van der Waals surface area contributed by atoms with Gasteiger partial charge in [0.25, 0.3) is 10.0 Å². The number of carbonyl (C=O) groups is 1. The molecule has 2 aromatic rings. The first kappa shape index (κ1) is 21.1. The Hall–Kier alpha value is -3.20. The molecular formula is C19H21NO7S. The number of sulfonamides is 1. The molecule has 0 aromatic heterocycles. The molecule has 0 spiro atoms. The third-order valence-electron chi connectivity index (χ3n) is 3.71. The molecule has 0 aliphatic rings. The molecule has 9 heteroatoms. The predicted octanol–water partition coefficient (Wildman–Crippen LogP) is 2.55. The topological polar surface area (TPSA) is 102 Å². The summed E-state index contributed by atoms with van der Waals surface area (Å²) >= 11 is 0. The number of aliphatic carboxylic acids is 1. The summed E-state index contributed by atoms with van der Waals surface area (Å²) < 4.78 is 42.6. The van der Waals surface area contributed by atoms with Crippen molar-refractivity contribution in [2.75, 3.05) is 31.7 Å². The maximum atomic E-state index is 13.1. The molecule has 28 heavy (non-hydrogen) atoms. The van der Waals surface area contributed by atoms with Crippen LogP contribution in [-0.2, 0) is 14.8 Å². The van der Waals surface area contributed by atoms with Gasteiger partial charge in [-0.3, -0.25) is 9.10 Å². The summed E-state index contributed by atoms with van der Waals surface area (Å²) in [4.78, 5) is 11.2. The molecule has 0 radical (unpaired) electrons. The van der Waals surface area contributed by atoms with Crippen molar-refractivity contribution in [1.82, 2.24) is 0 Å². The fourth-order valence-electron chi connectivity index (χ4n) is 2.41. The van der Waals surface area contributed by atoms with Crippen LogP contribution in [0.25, 0.3) is 0 Å². The molecule has 2 aromatic carbocycles. The van der Waals surface area contributed by atoms with Gasteiger partial charge in [0.1, 0.15) is 18.9 Å². The monoisotopic (exact) mass is 407 g/mol. The van der Waals surface area contributed by atoms with Gasteiger partial charge in [0, 0.05) is 6.07 Å². The minimum absolute atomic E-state index is 0.126. The maximum Gasteiger partial charge on any atom is 0.324 e. The predicted molar refractivity (Wildman–Crippen MR) is 104 cm³/mol. The minimum atomic E-state index is -4.18. The van der Waals surface area contributed by atoms with E-state index in [1.54, 1.807) is 18.2 Å². The number of hydrogen-bond acceptors (Lipinski definition) is 6. The van der Waals surface area contributed by atoms with Gasteiger partial charge in [0.2, 0.25) is 0 Å². The van der Waals surface area contributed by atoms with Gasteiger partial charge in [-0.25, -0.2) is 8.42 Å². The van der Waals surface area contributed by atoms with E-state index in [-0.39, 0.29) is 16.3 Å². The number of carboxylic acid groups (broad SMARTS) is 1. The molecule has 0 bridgehead atoms. The molecule has 0 unspecified atom stereocenters. The summed E-state index contributed by atoms with van der Waals surface area (Å²) in [6, 6.07) is 10.1. The van der Waals surface area contributed by atoms with Crippen LogP contribution in [0.2, 0.25) is 0 Å². The van der Waals surface area contributed by atoms with Crippen LogP contribution < -0.4 is 18.5 Å². The van der Waals surface area contributed by atoms with Crippen LogP contribution in [0.3, 0.4) is 0 Å². The third kappa shape index (κ3) is 4.74. The zero-order chi connectivity index (χ0) is 20.7. The molecule has 2 rings (SSSR count). The van der Waals surface area contributed by atoms with E-state index in [2.05, 4.69) is 6.58 Å². The van der Waals surface area contributed by atoms with E-state index in [9.17, 15) is 18.3 Å². The van der Waals surface area contributed by atoms with Gasteiger partial charge in [-0.1, -0.05) is 12.7 Å². The highest BCUT2D eigenvalue weighted by Crippen LogP contribution is 2.32. The summed E-state index contributed by atoms with van der Waals surface area (Å²) in [5.41, 5.74) is 0.183. The Morgan fingerprint density at radius 3 is 2.29 bits per heavy atom. The Morgan fingerprint density at radius 1 is 1.11 bits per heavy atom. The van der Waals surface area contributed by atoms with Crippen LogP contribution >= 0.6 is 0 Å². The molecule has 1 N–H and O–H groups in total. The average Bonchev–Trinajstić information content (AvgIpc) is 2.70. The maximum absolute atomic E-state index is 13.1. The van der Waals surface area contributed by atoms with Crippen LogP contribution in [0.1, 0.15) is 0 Å². The Labute approximate surface area is 163 Å². The number of methoxy groups -OCH3 is 2. The normalized spacial score (nSPS) is 10.8. The second kappa shape index (κ2) is 9.14. The highest BCUT2D eigenvalue weighted by Gasteiger charge is 2.28. The Balaban J connectivity index is 2.46. The highest BCUT2D eigenvalue weighted by atomic mass is 32.2. The largest absolute Gasteiger partial charge is 0.493 e. The number of anilines is 1. The lowest BCUT2D eigenvalue weighted by molar-refractivity contribution is -0.135. The molecule has 150 valence electrons. The first-order valence-corrected chi connectivity index (χ1v) is 9.57. The van der Waals surface area contributed by atoms with Crippen molar-refractivity contribution in [2.45, 2.75) is 4.90 Å². The number of nitrogens with zero attached hydrogens (tertiary/aromatic N) is 1. The molecule has 0 saturated heterocycles. The number of hydrogen-bond donors (Lipinski definition) is 1. The molecule has 0 aliphatic carbocycles. The van der Waals surface area contributed by atoms with E-state index < -0.39 is 22.5 Å². The fourth-order valence-corrected chi connectivity index (χ4v) is 3.84. The van der Waals surface area contributed by atoms with Crippen molar-refractivity contribution in [1.29, 1.82) is 0 Å². The van der Waals surface area contributed by atoms with E-state index in [0.29, 0.717) is 18.1 Å². The molecule has 0 amide bonds. The van der Waals surface area contributed by atoms with Crippen LogP contribution in [0.4, 0.5) is 5.69 Å². The molecule has 0 aliphatic heterocycles. The molecule has 0 saturated carbocycles. The second-order valence-electron chi connectivity index (χ2n) is 5.52. The van der Waals surface area contributed by atoms with Gasteiger partial charge in [0.15, 0.2) is 11.5 Å². The van der Waals surface area contributed by atoms with E-state index in [0.717, 1.165) is 4.31 Å². The van der Waals surface area contributed by atoms with E-state index in [4.69, 9.17) is 14.2 Å². The summed E-state index contributed by atoms with van der Waals surface area (Å²) in [5.74, 6) is -0.222. The first-order chi connectivity index (χ1) is 13.3. The van der Waals surface area contributed by atoms with E-state index in [1.807, 2.05) is 0 Å². The van der Waals surface area contributed by atoms with E-state index in [1.165, 1.54) is 44.6 Å². The smallest absolute Gasteiger partial charge is 0.324 e. The lowest BCUT2D eigenvalue weighted by Gasteiger charge is -2.23. The van der Waals surface area contributed by atoms with Gasteiger partial charge in [-0.05, 0) is 36.4 Å². The van der Waals surface area contributed by atoms with Gasteiger partial charge in [-0.2, -0.15) is 0 Å². The summed E-state index contributed by atoms with van der Waals surface area (Å²) in [6.07, 6.45) is 1.58. The van der Waals surface area contributed by atoms with Crippen molar-refractivity contribution in [3.05, 3.63) is 55.1 Å². The quantitative estimate of drug-likeness (QED) is 0.604. The van der Waals surface area contributed by atoms with Crippen molar-refractivity contribution in [3.63, 3.8) is 0 Å². The summed E-state index contributed by atoms with van der Waals surface area (Å²) in [5, 5.41) is 9.22. The lowest BCUT2D eigenvalue weighted by Crippen LogP contribution is -2.35. The van der Waals surface area contributed by atoms with Gasteiger partial charge < -0.3 is 19.3 Å². The lowest BCUT2D eigenvalue weighted by atomic mass is 10.3. The Kier molecular flexibility index (Phi) is 6.89. The Morgan fingerprint density at radius 2 is 1.75 bits per heavy atom. The third-order valence-corrected chi connectivity index (χ3v) is 5.48. The second-order valence-corrected chi connectivity index (χ2v) is 7.38. The molecule has 0 fully saturated rings. The SMILES string of the molecule is C=CCOc1ccc(N(CC(=O)O)S(=O)(=O)c2ccc(OC)c(OC)c2)cc1. The number of ether oxygens (including phenoxy) is 3. The van der Waals surface area contributed by atoms with Crippen molar-refractivity contribution in [3.8, 4) is 17.2 Å². The molecule has 8 nitrogen and oxygen atoms in total. The van der Waals surface area contributed by atoms with Crippen LogP contribution in [0.5, 0.6) is 17.2 Å². The number of benzene rings is 2. The van der Waals surface area contributed by atoms with Crippen molar-refractivity contribution in [2.24, 2.45) is 0 Å². The molecule has 0 atom stereocenters. The molecule has 0 heterocycles. The minimum Gasteiger partial charge on any atom is -0.493 e. The van der Waals surface area contributed by atoms with Crippen LogP contribution in [0, 0.1) is 0 Å². The average molecular weight is 407 g/mol. The van der Waals surface area contributed by atoms with Crippen LogP contribution in [-0.4, -0.2) is 46.9 Å². The van der Waals surface area contributed by atoms with Crippen molar-refractivity contribution < 1.29 is 32.5 Å². The fraction of sp³-hybridized carbons (Fsp3) is 0.211. The van der Waals surface area contributed by atoms with Gasteiger partial charge in [-0.15, -0.1) is 0 Å².